The Hall–Kier alpha value is -2.47. The highest BCUT2D eigenvalue weighted by Crippen LogP contribution is 2.39. The lowest BCUT2D eigenvalue weighted by Crippen LogP contribution is -2.30. The molecule has 0 amide bonds. The number of methoxy groups -OCH3 is 1. The van der Waals surface area contributed by atoms with E-state index in [2.05, 4.69) is 69.0 Å². The maximum Gasteiger partial charge on any atom is 0.308 e. The first-order valence-corrected chi connectivity index (χ1v) is 12.0. The Kier molecular flexibility index (Phi) is 8.24. The predicted octanol–water partition coefficient (Wildman–Crippen LogP) is 6.96. The van der Waals surface area contributed by atoms with E-state index in [1.807, 2.05) is 6.92 Å². The van der Waals surface area contributed by atoms with Crippen molar-refractivity contribution >= 4 is 16.7 Å². The Morgan fingerprint density at radius 3 is 2.41 bits per heavy atom. The van der Waals surface area contributed by atoms with E-state index in [1.54, 1.807) is 0 Å². The zero-order valence-corrected chi connectivity index (χ0v) is 20.4. The van der Waals surface area contributed by atoms with Gasteiger partial charge in [0.25, 0.3) is 0 Å². The Bertz CT molecular complexity index is 965. The fourth-order valence-corrected chi connectivity index (χ4v) is 4.56. The summed E-state index contributed by atoms with van der Waals surface area (Å²) in [5.41, 5.74) is 1.61. The quantitative estimate of drug-likeness (QED) is 0.364. The van der Waals surface area contributed by atoms with Crippen molar-refractivity contribution in [3.8, 4) is 17.6 Å². The van der Waals surface area contributed by atoms with Crippen LogP contribution in [0.3, 0.4) is 0 Å². The minimum atomic E-state index is -0.165. The lowest BCUT2D eigenvalue weighted by molar-refractivity contribution is -0.144. The van der Waals surface area contributed by atoms with Crippen LogP contribution in [-0.4, -0.2) is 19.2 Å². The lowest BCUT2D eigenvalue weighted by Gasteiger charge is -2.37. The molecule has 2 aromatic carbocycles. The smallest absolute Gasteiger partial charge is 0.308 e. The normalized spacial score (nSPS) is 19.7. The summed E-state index contributed by atoms with van der Waals surface area (Å²) < 4.78 is 11.1. The van der Waals surface area contributed by atoms with Gasteiger partial charge in [0.15, 0.2) is 0 Å². The molecule has 0 saturated heterocycles. The van der Waals surface area contributed by atoms with Crippen molar-refractivity contribution in [1.82, 2.24) is 0 Å². The van der Waals surface area contributed by atoms with E-state index >= 15 is 0 Å². The second kappa shape index (κ2) is 10.9. The Labute approximate surface area is 193 Å². The monoisotopic (exact) mass is 434 g/mol. The second-order valence-corrected chi connectivity index (χ2v) is 10.3. The van der Waals surface area contributed by atoms with Crippen LogP contribution in [0.25, 0.3) is 10.8 Å². The second-order valence-electron chi connectivity index (χ2n) is 10.3. The van der Waals surface area contributed by atoms with Gasteiger partial charge in [0.1, 0.15) is 5.75 Å². The summed E-state index contributed by atoms with van der Waals surface area (Å²) in [7, 11) is 1.43. The van der Waals surface area contributed by atoms with Crippen molar-refractivity contribution in [2.24, 2.45) is 17.3 Å². The summed E-state index contributed by atoms with van der Waals surface area (Å²) in [5.74, 6) is 7.93. The van der Waals surface area contributed by atoms with Crippen molar-refractivity contribution < 1.29 is 14.3 Å². The van der Waals surface area contributed by atoms with Gasteiger partial charge in [-0.05, 0) is 71.9 Å². The number of hydrogen-bond donors (Lipinski definition) is 0. The molecule has 0 radical (unpaired) electrons. The van der Waals surface area contributed by atoms with Crippen LogP contribution in [0.5, 0.6) is 5.75 Å². The summed E-state index contributed by atoms with van der Waals surface area (Å²) in [4.78, 5) is 11.4. The molecule has 1 unspecified atom stereocenters. The van der Waals surface area contributed by atoms with E-state index < -0.39 is 0 Å². The molecule has 0 N–H and O–H groups in total. The van der Waals surface area contributed by atoms with Gasteiger partial charge in [-0.2, -0.15) is 0 Å². The van der Waals surface area contributed by atoms with Crippen molar-refractivity contribution in [1.29, 1.82) is 0 Å². The highest BCUT2D eigenvalue weighted by molar-refractivity contribution is 5.84. The van der Waals surface area contributed by atoms with Crippen molar-refractivity contribution in [3.63, 3.8) is 0 Å². The van der Waals surface area contributed by atoms with E-state index in [-0.39, 0.29) is 11.9 Å². The van der Waals surface area contributed by atoms with E-state index in [0.29, 0.717) is 17.9 Å². The molecule has 1 fully saturated rings. The molecule has 32 heavy (non-hydrogen) atoms. The van der Waals surface area contributed by atoms with Gasteiger partial charge in [0, 0.05) is 12.8 Å². The van der Waals surface area contributed by atoms with Crippen LogP contribution >= 0.6 is 0 Å². The van der Waals surface area contributed by atoms with Gasteiger partial charge in [0.2, 0.25) is 0 Å². The number of rotatable bonds is 6. The van der Waals surface area contributed by atoms with Crippen molar-refractivity contribution in [2.45, 2.75) is 78.7 Å². The van der Waals surface area contributed by atoms with Gasteiger partial charge in [-0.25, -0.2) is 0 Å². The standard InChI is InChI=1S/C29H38O3/c1-21(28(30)31-5)9-7-6-8-10-22-11-12-24-20-27(16-13-23(24)19-22)32-26-17-14-25(15-18-26)29(2,3)4/h11-13,16,19-21,25-26H,7,9-10,14-15,17-18H2,1-5H3/t21?,25-,26-. The summed E-state index contributed by atoms with van der Waals surface area (Å²) >= 11 is 0. The molecule has 172 valence electrons. The molecule has 1 saturated carbocycles. The third-order valence-corrected chi connectivity index (χ3v) is 6.80. The van der Waals surface area contributed by atoms with Gasteiger partial charge in [-0.15, -0.1) is 5.92 Å². The Morgan fingerprint density at radius 2 is 1.72 bits per heavy atom. The number of hydrogen-bond acceptors (Lipinski definition) is 3. The molecule has 3 rings (SSSR count). The van der Waals surface area contributed by atoms with Crippen molar-refractivity contribution in [3.05, 3.63) is 42.0 Å². The van der Waals surface area contributed by atoms with Crippen LogP contribution in [0.4, 0.5) is 0 Å². The molecule has 3 heteroatoms. The fraction of sp³-hybridized carbons (Fsp3) is 0.552. The van der Waals surface area contributed by atoms with Gasteiger partial charge in [-0.1, -0.05) is 57.9 Å². The highest BCUT2D eigenvalue weighted by atomic mass is 16.5. The number of ether oxygens (including phenoxy) is 2. The zero-order valence-electron chi connectivity index (χ0n) is 20.4. The maximum absolute atomic E-state index is 11.4. The molecule has 0 aliphatic heterocycles. The van der Waals surface area contributed by atoms with Crippen LogP contribution in [0.15, 0.2) is 36.4 Å². The number of esters is 1. The average molecular weight is 435 g/mol. The molecule has 2 aromatic rings. The molecule has 1 aliphatic carbocycles. The van der Waals surface area contributed by atoms with Crippen LogP contribution < -0.4 is 4.74 Å². The van der Waals surface area contributed by atoms with Crippen LogP contribution in [0.1, 0.15) is 71.8 Å². The maximum atomic E-state index is 11.4. The van der Waals surface area contributed by atoms with E-state index in [9.17, 15) is 4.79 Å². The molecular weight excluding hydrogens is 396 g/mol. The van der Waals surface area contributed by atoms with Crippen molar-refractivity contribution in [2.75, 3.05) is 7.11 Å². The van der Waals surface area contributed by atoms with Crippen LogP contribution in [-0.2, 0) is 16.0 Å². The molecule has 3 nitrogen and oxygen atoms in total. The largest absolute Gasteiger partial charge is 0.490 e. The lowest BCUT2D eigenvalue weighted by atomic mass is 9.72. The molecule has 1 atom stereocenters. The number of benzene rings is 2. The molecule has 1 aliphatic rings. The summed E-state index contributed by atoms with van der Waals surface area (Å²) in [6.45, 7) is 8.95. The van der Waals surface area contributed by atoms with E-state index in [0.717, 1.165) is 37.4 Å². The summed E-state index contributed by atoms with van der Waals surface area (Å²) in [6, 6.07) is 12.9. The van der Waals surface area contributed by atoms with E-state index in [4.69, 9.17) is 9.47 Å². The number of fused-ring (bicyclic) bond motifs is 1. The van der Waals surface area contributed by atoms with Crippen LogP contribution in [0.2, 0.25) is 0 Å². The molecule has 0 aromatic heterocycles. The summed E-state index contributed by atoms with van der Waals surface area (Å²) in [5, 5.41) is 2.42. The van der Waals surface area contributed by atoms with Crippen LogP contribution in [0, 0.1) is 29.1 Å². The molecule has 0 spiro atoms. The van der Waals surface area contributed by atoms with E-state index in [1.165, 1.54) is 36.3 Å². The average Bonchev–Trinajstić information content (AvgIpc) is 2.78. The topological polar surface area (TPSA) is 35.5 Å². The first-order valence-electron chi connectivity index (χ1n) is 12.0. The third kappa shape index (κ3) is 6.76. The predicted molar refractivity (Wildman–Crippen MR) is 132 cm³/mol. The SMILES string of the molecule is COC(=O)C(C)CCC#CCc1ccc2cc(O[C@H]3CC[C@H](C(C)(C)C)CC3)ccc2c1. The number of carbonyl (C=O) groups excluding carboxylic acids is 1. The van der Waals surface area contributed by atoms with Gasteiger partial charge in [-0.3, -0.25) is 4.79 Å². The third-order valence-electron chi connectivity index (χ3n) is 6.80. The molecule has 0 bridgehead atoms. The first-order chi connectivity index (χ1) is 15.3. The minimum absolute atomic E-state index is 0.0973. The minimum Gasteiger partial charge on any atom is -0.490 e. The first kappa shape index (κ1) is 24.2. The van der Waals surface area contributed by atoms with Gasteiger partial charge in [0.05, 0.1) is 19.1 Å². The Balaban J connectivity index is 1.52. The fourth-order valence-electron chi connectivity index (χ4n) is 4.56. The van der Waals surface area contributed by atoms with Gasteiger partial charge >= 0.3 is 5.97 Å². The highest BCUT2D eigenvalue weighted by Gasteiger charge is 2.30. The number of carbonyl (C=O) groups is 1. The Morgan fingerprint density at radius 1 is 1.03 bits per heavy atom. The molecule has 0 heterocycles. The zero-order chi connectivity index (χ0) is 23.1. The van der Waals surface area contributed by atoms with Gasteiger partial charge < -0.3 is 9.47 Å². The summed E-state index contributed by atoms with van der Waals surface area (Å²) in [6.07, 6.45) is 7.31. The molecular formula is C29H38O3.